The Morgan fingerprint density at radius 3 is 2.34 bits per heavy atom. The molecular weight excluding hydrogens is 921 g/mol. The van der Waals surface area contributed by atoms with Crippen LogP contribution in [-0.2, 0) is 0 Å². The lowest BCUT2D eigenvalue weighted by atomic mass is 9.86. The molecule has 0 spiro atoms. The summed E-state index contributed by atoms with van der Waals surface area (Å²) in [6.07, 6.45) is 57.7. The molecule has 3 aromatic rings. The highest BCUT2D eigenvalue weighted by Crippen LogP contribution is 2.40. The van der Waals surface area contributed by atoms with Crippen molar-refractivity contribution in [3.8, 4) is 0 Å². The van der Waals surface area contributed by atoms with Gasteiger partial charge in [0.1, 0.15) is 6.17 Å². The van der Waals surface area contributed by atoms with Crippen LogP contribution in [0.25, 0.3) is 16.7 Å². The molecule has 4 nitrogen and oxygen atoms in total. The summed E-state index contributed by atoms with van der Waals surface area (Å²) < 4.78 is 0. The van der Waals surface area contributed by atoms with Gasteiger partial charge in [0, 0.05) is 23.5 Å². The highest BCUT2D eigenvalue weighted by molar-refractivity contribution is 6.08. The number of aliphatic imine (C=N–C) groups is 2. The molecule has 0 amide bonds. The van der Waals surface area contributed by atoms with Crippen LogP contribution in [0.1, 0.15) is 132 Å². The molecule has 4 aliphatic carbocycles. The van der Waals surface area contributed by atoms with E-state index in [1.165, 1.54) is 67.1 Å². The average Bonchev–Trinajstić information content (AvgIpc) is 3.69. The van der Waals surface area contributed by atoms with Crippen LogP contribution >= 0.6 is 0 Å². The first-order valence-corrected chi connectivity index (χ1v) is 27.6. The molecule has 2 aliphatic heterocycles. The summed E-state index contributed by atoms with van der Waals surface area (Å²) >= 11 is 0. The van der Waals surface area contributed by atoms with E-state index in [1.807, 2.05) is 26.0 Å². The lowest BCUT2D eigenvalue weighted by molar-refractivity contribution is 0.587. The highest BCUT2D eigenvalue weighted by atomic mass is 15.2. The quantitative estimate of drug-likeness (QED) is 0.0993. The maximum absolute atomic E-state index is 5.35. The van der Waals surface area contributed by atoms with Crippen LogP contribution in [0.5, 0.6) is 0 Å². The van der Waals surface area contributed by atoms with Crippen molar-refractivity contribution in [1.29, 1.82) is 0 Å². The van der Waals surface area contributed by atoms with E-state index in [4.69, 9.17) is 11.6 Å². The van der Waals surface area contributed by atoms with E-state index in [1.54, 1.807) is 0 Å². The Kier molecular flexibility index (Phi) is 19.9. The van der Waals surface area contributed by atoms with Crippen LogP contribution in [0.2, 0.25) is 0 Å². The second-order valence-electron chi connectivity index (χ2n) is 20.2. The smallest absolute Gasteiger partial charge is 0.155 e. The largest absolute Gasteiger partial charge is 0.334 e. The molecule has 8 bridgehead atoms. The van der Waals surface area contributed by atoms with Gasteiger partial charge in [-0.3, -0.25) is 5.32 Å². The first-order chi connectivity index (χ1) is 37.3. The number of nitrogens with one attached hydrogen (secondary N) is 1. The van der Waals surface area contributed by atoms with Crippen LogP contribution < -0.4 is 10.2 Å². The van der Waals surface area contributed by atoms with E-state index < -0.39 is 0 Å². The number of amidine groups is 1. The Bertz CT molecular complexity index is 3140. The van der Waals surface area contributed by atoms with Gasteiger partial charge in [-0.1, -0.05) is 200 Å². The van der Waals surface area contributed by atoms with Crippen molar-refractivity contribution in [3.63, 3.8) is 0 Å². The van der Waals surface area contributed by atoms with Crippen molar-refractivity contribution >= 4 is 35.0 Å². The predicted molar refractivity (Wildman–Crippen MR) is 331 cm³/mol. The van der Waals surface area contributed by atoms with Crippen molar-refractivity contribution in [1.82, 2.24) is 5.32 Å². The van der Waals surface area contributed by atoms with Gasteiger partial charge < -0.3 is 4.90 Å². The van der Waals surface area contributed by atoms with Crippen LogP contribution in [0.4, 0.5) is 5.69 Å². The van der Waals surface area contributed by atoms with Crippen LogP contribution in [0.15, 0.2) is 268 Å². The second kappa shape index (κ2) is 27.8. The number of allylic oxidation sites excluding steroid dienone is 27. The third-order valence-corrected chi connectivity index (χ3v) is 14.9. The fraction of sp³-hybridized carbons (Fsp3) is 0.250. The van der Waals surface area contributed by atoms with Gasteiger partial charge >= 0.3 is 0 Å². The molecule has 0 radical (unpaired) electrons. The van der Waals surface area contributed by atoms with Crippen molar-refractivity contribution in [2.24, 2.45) is 9.98 Å². The van der Waals surface area contributed by atoms with Gasteiger partial charge in [-0.2, -0.15) is 0 Å². The molecule has 0 fully saturated rings. The SMILES string of the molecule is C=C/C=C(\C=C/C)CNC1N=C(N=C)c2cccc(c2)C2=CCCC=C2c2cccc(c2)N(C2C=CCC(CC/C=C/C=C\C=C/C)=CC2)C(/C=C(/C)C(=C)C2=C(C)C=CCC2)=C/CC2=CC(=CCC2)c2ccc1cc2. The molecule has 4 heteroatoms. The van der Waals surface area contributed by atoms with Crippen LogP contribution in [-0.4, -0.2) is 25.1 Å². The van der Waals surface area contributed by atoms with E-state index in [9.17, 15) is 0 Å². The zero-order valence-corrected chi connectivity index (χ0v) is 45.7. The summed E-state index contributed by atoms with van der Waals surface area (Å²) in [6.45, 7) is 22.0. The van der Waals surface area contributed by atoms with Crippen LogP contribution in [0, 0.1) is 0 Å². The zero-order valence-electron chi connectivity index (χ0n) is 45.7. The highest BCUT2D eigenvalue weighted by Gasteiger charge is 2.25. The van der Waals surface area contributed by atoms with Gasteiger partial charge in [-0.15, -0.1) is 0 Å². The molecule has 3 aromatic carbocycles. The third kappa shape index (κ3) is 14.4. The molecule has 2 atom stereocenters. The first-order valence-electron chi connectivity index (χ1n) is 27.6. The molecule has 1 N–H and O–H groups in total. The Balaban J connectivity index is 1.28. The van der Waals surface area contributed by atoms with Gasteiger partial charge in [0.2, 0.25) is 0 Å². The fourth-order valence-electron chi connectivity index (χ4n) is 10.8. The molecule has 0 saturated heterocycles. The van der Waals surface area contributed by atoms with Gasteiger partial charge in [0.25, 0.3) is 0 Å². The number of fused-ring (bicyclic) bond motifs is 5. The third-order valence-electron chi connectivity index (χ3n) is 14.9. The van der Waals surface area contributed by atoms with E-state index >= 15 is 0 Å². The monoisotopic (exact) mass is 999 g/mol. The van der Waals surface area contributed by atoms with Crippen molar-refractivity contribution in [2.75, 3.05) is 11.4 Å². The minimum atomic E-state index is -0.384. The standard InChI is InChI=1S/C72H78N4/c1-8-11-12-13-14-15-16-28-56-29-22-35-65(46-40-56)76-66-36-24-33-63(51-66)70-39-20-19-38-69(70)62-32-23-34-64(50-62)71(73-7)75-72(74-52-58(25-9-2)26-10-3)60-44-42-59(43-45-60)61-31-21-30-57(49-61)41-47-67(76)48-54(5)55(6)68-37-18-17-27-53(68)4/h8-15,17,22-27,31-36,38-40,42-45,47-51,65,72,74H,2,6-7,16,18-21,28-30,37,41,46,52H2,1,3-5H3/b11-8-,13-12-,15-14+,26-10-,54-48-,58-25+,67-47+,75-71?. The molecular formula is C72H78N4. The number of rotatable bonds is 14. The molecule has 0 aromatic heterocycles. The minimum Gasteiger partial charge on any atom is -0.334 e. The zero-order chi connectivity index (χ0) is 53.1. The Morgan fingerprint density at radius 1 is 0.803 bits per heavy atom. The number of hydrogen-bond acceptors (Lipinski definition) is 4. The molecule has 0 saturated carbocycles. The van der Waals surface area contributed by atoms with Gasteiger partial charge in [0.15, 0.2) is 5.84 Å². The maximum Gasteiger partial charge on any atom is 0.155 e. The fourth-order valence-corrected chi connectivity index (χ4v) is 10.8. The Labute approximate surface area is 456 Å². The molecule has 6 aliphatic rings. The van der Waals surface area contributed by atoms with E-state index in [2.05, 4.69) is 231 Å². The summed E-state index contributed by atoms with van der Waals surface area (Å²) in [7, 11) is 0. The van der Waals surface area contributed by atoms with Gasteiger partial charge in [0.05, 0.1) is 6.04 Å². The Morgan fingerprint density at radius 2 is 1.58 bits per heavy atom. The number of benzene rings is 3. The van der Waals surface area contributed by atoms with Gasteiger partial charge in [-0.25, -0.2) is 9.98 Å². The Hall–Kier alpha value is -7.66. The molecule has 386 valence electrons. The summed E-state index contributed by atoms with van der Waals surface area (Å²) in [5, 5.41) is 3.75. The normalized spacial score (nSPS) is 20.5. The van der Waals surface area contributed by atoms with E-state index in [0.717, 1.165) is 98.5 Å². The molecule has 2 unspecified atom stereocenters. The number of anilines is 1. The van der Waals surface area contributed by atoms with E-state index in [-0.39, 0.29) is 12.2 Å². The molecule has 2 heterocycles. The van der Waals surface area contributed by atoms with Crippen molar-refractivity contribution in [3.05, 3.63) is 286 Å². The van der Waals surface area contributed by atoms with Crippen molar-refractivity contribution in [2.45, 2.75) is 111 Å². The second-order valence-corrected chi connectivity index (χ2v) is 20.2. The number of nitrogens with zero attached hydrogens (tertiary/aromatic N) is 3. The van der Waals surface area contributed by atoms with E-state index in [0.29, 0.717) is 12.4 Å². The lowest BCUT2D eigenvalue weighted by Crippen LogP contribution is -2.32. The topological polar surface area (TPSA) is 40.0 Å². The molecule has 76 heavy (non-hydrogen) atoms. The average molecular weight is 999 g/mol. The lowest BCUT2D eigenvalue weighted by Gasteiger charge is -2.34. The summed E-state index contributed by atoms with van der Waals surface area (Å²) in [5.41, 5.74) is 20.5. The minimum absolute atomic E-state index is 0.0798. The summed E-state index contributed by atoms with van der Waals surface area (Å²) in [6, 6.07) is 27.0. The van der Waals surface area contributed by atoms with Crippen molar-refractivity contribution < 1.29 is 0 Å². The van der Waals surface area contributed by atoms with Crippen LogP contribution in [0.3, 0.4) is 0 Å². The maximum atomic E-state index is 5.35. The van der Waals surface area contributed by atoms with Gasteiger partial charge in [-0.05, 0) is 196 Å². The first kappa shape index (κ1) is 54.6. The number of hydrogen-bond donors (Lipinski definition) is 1. The summed E-state index contributed by atoms with van der Waals surface area (Å²) in [5.74, 6) is 0.590. The predicted octanol–water partition coefficient (Wildman–Crippen LogP) is 18.9. The molecule has 9 rings (SSSR count). The summed E-state index contributed by atoms with van der Waals surface area (Å²) in [4.78, 5) is 12.6.